The minimum Gasteiger partial charge on any atom is -0.502 e. The average Bonchev–Trinajstić information content (AvgIpc) is 3.70. The monoisotopic (exact) mass is 558 g/mol. The van der Waals surface area contributed by atoms with Crippen molar-refractivity contribution in [3.63, 3.8) is 0 Å². The lowest BCUT2D eigenvalue weighted by Gasteiger charge is -2.44. The van der Waals surface area contributed by atoms with Crippen LogP contribution in [0.4, 0.5) is 0 Å². The first-order chi connectivity index (χ1) is 19.4. The van der Waals surface area contributed by atoms with Gasteiger partial charge in [0.1, 0.15) is 18.3 Å². The fourth-order valence-corrected chi connectivity index (χ4v) is 7.34. The summed E-state index contributed by atoms with van der Waals surface area (Å²) in [5.74, 6) is 2.02. The molecule has 3 saturated heterocycles. The molecule has 11 heteroatoms. The minimum absolute atomic E-state index is 0.0262. The van der Waals surface area contributed by atoms with Crippen LogP contribution in [-0.2, 0) is 18.9 Å². The fraction of sp³-hybridized carbons (Fsp3) is 0.586. The molecule has 0 radical (unpaired) electrons. The molecule has 7 rings (SSSR count). The van der Waals surface area contributed by atoms with Crippen LogP contribution in [0.15, 0.2) is 24.3 Å². The van der Waals surface area contributed by atoms with Gasteiger partial charge in [-0.25, -0.2) is 0 Å². The number of benzene rings is 2. The number of methoxy groups -OCH3 is 2. The number of aromatic hydroxyl groups is 1. The molecule has 0 aromatic heterocycles. The molecule has 0 spiro atoms. The Labute approximate surface area is 231 Å². The molecule has 0 bridgehead atoms. The molecule has 2 aromatic carbocycles. The number of aliphatic hydroxyl groups is 2. The molecule has 40 heavy (non-hydrogen) atoms. The first kappa shape index (κ1) is 26.1. The van der Waals surface area contributed by atoms with Crippen molar-refractivity contribution < 1.29 is 53.2 Å². The second-order valence-corrected chi connectivity index (χ2v) is 11.1. The van der Waals surface area contributed by atoms with Gasteiger partial charge in [-0.15, -0.1) is 0 Å². The summed E-state index contributed by atoms with van der Waals surface area (Å²) in [5.41, 5.74) is 3.06. The maximum Gasteiger partial charge on any atom is 0.231 e. The lowest BCUT2D eigenvalue weighted by atomic mass is 9.61. The third-order valence-corrected chi connectivity index (χ3v) is 9.11. The highest BCUT2D eigenvalue weighted by Crippen LogP contribution is 2.57. The van der Waals surface area contributed by atoms with E-state index in [1.165, 1.54) is 14.2 Å². The molecular weight excluding hydrogens is 524 g/mol. The van der Waals surface area contributed by atoms with E-state index in [-0.39, 0.29) is 36.2 Å². The van der Waals surface area contributed by atoms with Gasteiger partial charge >= 0.3 is 0 Å². The van der Waals surface area contributed by atoms with Crippen LogP contribution >= 0.6 is 0 Å². The molecule has 11 nitrogen and oxygen atoms in total. The third kappa shape index (κ3) is 4.02. The van der Waals surface area contributed by atoms with Crippen molar-refractivity contribution in [1.82, 2.24) is 0 Å². The SMILES string of the molecule is COc1cc(C2c3cc4c(cc3C(CC3OC(O)C(O)C5OC(C)OC35)C3COCC23)OCO4)cc(OC)c1O. The molecule has 0 amide bonds. The molecule has 3 N–H and O–H groups in total. The fourth-order valence-electron chi connectivity index (χ4n) is 7.34. The van der Waals surface area contributed by atoms with Gasteiger partial charge in [0.05, 0.1) is 33.5 Å². The molecule has 5 aliphatic rings. The number of phenolic OH excluding ortho intramolecular Hbond substituents is 1. The zero-order chi connectivity index (χ0) is 27.7. The molecule has 2 aromatic rings. The van der Waals surface area contributed by atoms with E-state index in [1.807, 2.05) is 24.3 Å². The standard InChI is InChI=1S/C29H34O11/c1-12-38-27-23(40-29(32)26(31)28(27)39-12)7-15-14-6-19-20(37-11-36-19)8-16(14)24(18-10-35-9-17(15)18)13-4-21(33-2)25(30)22(5-13)34-3/h4-6,8,12,15,17-18,23-24,26-32H,7,9-11H2,1-3H3. The second-order valence-electron chi connectivity index (χ2n) is 11.1. The summed E-state index contributed by atoms with van der Waals surface area (Å²) >= 11 is 0. The van der Waals surface area contributed by atoms with Gasteiger partial charge in [-0.2, -0.15) is 0 Å². The van der Waals surface area contributed by atoms with Gasteiger partial charge in [-0.05, 0) is 72.1 Å². The summed E-state index contributed by atoms with van der Waals surface area (Å²) < 4.78 is 46.4. The average molecular weight is 559 g/mol. The number of phenols is 1. The Morgan fingerprint density at radius 3 is 2.20 bits per heavy atom. The molecule has 4 aliphatic heterocycles. The van der Waals surface area contributed by atoms with Crippen molar-refractivity contribution in [3.05, 3.63) is 41.0 Å². The molecule has 10 unspecified atom stereocenters. The van der Waals surface area contributed by atoms with Crippen LogP contribution in [0.2, 0.25) is 0 Å². The Kier molecular flexibility index (Phi) is 6.49. The number of ether oxygens (including phenoxy) is 8. The van der Waals surface area contributed by atoms with Crippen molar-refractivity contribution in [2.24, 2.45) is 11.8 Å². The number of hydrogen-bond donors (Lipinski definition) is 3. The minimum atomic E-state index is -1.37. The van der Waals surface area contributed by atoms with E-state index in [0.29, 0.717) is 42.6 Å². The molecule has 10 atom stereocenters. The molecular formula is C29H34O11. The van der Waals surface area contributed by atoms with E-state index >= 15 is 0 Å². The summed E-state index contributed by atoms with van der Waals surface area (Å²) in [6, 6.07) is 7.78. The van der Waals surface area contributed by atoms with Crippen LogP contribution in [0.25, 0.3) is 0 Å². The molecule has 0 saturated carbocycles. The van der Waals surface area contributed by atoms with Crippen LogP contribution in [0.1, 0.15) is 41.9 Å². The quantitative estimate of drug-likeness (QED) is 0.499. The smallest absolute Gasteiger partial charge is 0.231 e. The van der Waals surface area contributed by atoms with E-state index in [1.54, 1.807) is 6.92 Å². The van der Waals surface area contributed by atoms with Crippen LogP contribution in [0.5, 0.6) is 28.7 Å². The zero-order valence-electron chi connectivity index (χ0n) is 22.5. The van der Waals surface area contributed by atoms with Gasteiger partial charge in [-0.1, -0.05) is 0 Å². The predicted octanol–water partition coefficient (Wildman–Crippen LogP) is 2.23. The first-order valence-corrected chi connectivity index (χ1v) is 13.7. The summed E-state index contributed by atoms with van der Waals surface area (Å²) in [4.78, 5) is 0. The largest absolute Gasteiger partial charge is 0.502 e. The summed E-state index contributed by atoms with van der Waals surface area (Å²) in [6.45, 7) is 3.01. The third-order valence-electron chi connectivity index (χ3n) is 9.11. The Hall–Kier alpha value is -2.80. The summed E-state index contributed by atoms with van der Waals surface area (Å²) in [7, 11) is 3.03. The van der Waals surface area contributed by atoms with Crippen LogP contribution in [-0.4, -0.2) is 86.5 Å². The van der Waals surface area contributed by atoms with Crippen molar-refractivity contribution in [3.8, 4) is 28.7 Å². The van der Waals surface area contributed by atoms with Gasteiger partial charge in [-0.3, -0.25) is 0 Å². The molecule has 3 fully saturated rings. The van der Waals surface area contributed by atoms with Crippen LogP contribution in [0, 0.1) is 11.8 Å². The molecule has 4 heterocycles. The van der Waals surface area contributed by atoms with Gasteiger partial charge in [0.25, 0.3) is 0 Å². The number of rotatable bonds is 5. The Balaban J connectivity index is 1.33. The van der Waals surface area contributed by atoms with Crippen molar-refractivity contribution >= 4 is 0 Å². The van der Waals surface area contributed by atoms with Crippen molar-refractivity contribution in [2.75, 3.05) is 34.2 Å². The van der Waals surface area contributed by atoms with Gasteiger partial charge in [0, 0.05) is 5.92 Å². The normalized spacial score (nSPS) is 37.5. The second kappa shape index (κ2) is 9.93. The maximum atomic E-state index is 10.6. The molecule has 216 valence electrons. The van der Waals surface area contributed by atoms with E-state index in [2.05, 4.69) is 0 Å². The Morgan fingerprint density at radius 2 is 1.50 bits per heavy atom. The van der Waals surface area contributed by atoms with Crippen molar-refractivity contribution in [2.45, 2.75) is 62.2 Å². The van der Waals surface area contributed by atoms with Gasteiger partial charge < -0.3 is 53.2 Å². The van der Waals surface area contributed by atoms with E-state index in [0.717, 1.165) is 16.7 Å². The molecule has 1 aliphatic carbocycles. The van der Waals surface area contributed by atoms with Gasteiger partial charge in [0.2, 0.25) is 12.5 Å². The highest BCUT2D eigenvalue weighted by Gasteiger charge is 2.54. The number of aliphatic hydroxyl groups excluding tert-OH is 2. The van der Waals surface area contributed by atoms with E-state index < -0.39 is 37.0 Å². The van der Waals surface area contributed by atoms with Crippen molar-refractivity contribution in [1.29, 1.82) is 0 Å². The predicted molar refractivity (Wildman–Crippen MR) is 137 cm³/mol. The Bertz CT molecular complexity index is 1260. The highest BCUT2D eigenvalue weighted by molar-refractivity contribution is 5.59. The van der Waals surface area contributed by atoms with Crippen LogP contribution in [0.3, 0.4) is 0 Å². The lowest BCUT2D eigenvalue weighted by Crippen LogP contribution is -2.56. The highest BCUT2D eigenvalue weighted by atomic mass is 16.8. The number of fused-ring (bicyclic) bond motifs is 4. The van der Waals surface area contributed by atoms with Gasteiger partial charge in [0.15, 0.2) is 35.6 Å². The van der Waals surface area contributed by atoms with E-state index in [9.17, 15) is 15.3 Å². The first-order valence-electron chi connectivity index (χ1n) is 13.7. The maximum absolute atomic E-state index is 10.6. The van der Waals surface area contributed by atoms with Crippen LogP contribution < -0.4 is 18.9 Å². The Morgan fingerprint density at radius 1 is 0.850 bits per heavy atom. The summed E-state index contributed by atoms with van der Waals surface area (Å²) in [6.07, 6.45) is -4.26. The topological polar surface area (TPSA) is 135 Å². The van der Waals surface area contributed by atoms with E-state index in [4.69, 9.17) is 37.9 Å². The lowest BCUT2D eigenvalue weighted by molar-refractivity contribution is -0.261. The number of hydrogen-bond acceptors (Lipinski definition) is 11. The summed E-state index contributed by atoms with van der Waals surface area (Å²) in [5, 5.41) is 31.6. The zero-order valence-corrected chi connectivity index (χ0v) is 22.5.